The predicted molar refractivity (Wildman–Crippen MR) is 122 cm³/mol. The van der Waals surface area contributed by atoms with Crippen LogP contribution in [0.4, 0.5) is 5.69 Å². The van der Waals surface area contributed by atoms with Gasteiger partial charge in [0.15, 0.2) is 0 Å². The van der Waals surface area contributed by atoms with Gasteiger partial charge in [-0.1, -0.05) is 38.0 Å². The van der Waals surface area contributed by atoms with E-state index in [1.807, 2.05) is 18.2 Å². The Morgan fingerprint density at radius 2 is 1.97 bits per heavy atom. The van der Waals surface area contributed by atoms with Crippen LogP contribution in [0.1, 0.15) is 37.3 Å². The van der Waals surface area contributed by atoms with Crippen molar-refractivity contribution in [3.05, 3.63) is 69.8 Å². The third-order valence-corrected chi connectivity index (χ3v) is 5.60. The monoisotopic (exact) mass is 428 g/mol. The molecule has 0 unspecified atom stereocenters. The summed E-state index contributed by atoms with van der Waals surface area (Å²) >= 11 is 1.77. The molecule has 0 aromatic heterocycles. The van der Waals surface area contributed by atoms with E-state index in [2.05, 4.69) is 12.2 Å². The zero-order valence-electron chi connectivity index (χ0n) is 17.4. The van der Waals surface area contributed by atoms with Crippen molar-refractivity contribution in [1.82, 2.24) is 5.32 Å². The van der Waals surface area contributed by atoms with Crippen LogP contribution in [0.2, 0.25) is 0 Å². The number of methoxy groups -OCH3 is 1. The molecule has 0 aliphatic carbocycles. The van der Waals surface area contributed by atoms with Crippen LogP contribution in [0.25, 0.3) is 6.08 Å². The lowest BCUT2D eigenvalue weighted by Gasteiger charge is -2.09. The number of amides is 1. The maximum absolute atomic E-state index is 12.1. The third-order valence-electron chi connectivity index (χ3n) is 4.48. The first-order valence-corrected chi connectivity index (χ1v) is 11.0. The zero-order valence-corrected chi connectivity index (χ0v) is 18.2. The number of nitrogens with one attached hydrogen (secondary N) is 1. The van der Waals surface area contributed by atoms with Crippen LogP contribution in [-0.4, -0.2) is 30.2 Å². The van der Waals surface area contributed by atoms with Gasteiger partial charge >= 0.3 is 0 Å². The quantitative estimate of drug-likeness (QED) is 0.164. The molecule has 1 amide bonds. The standard InChI is InChI=1S/C23H28N2O4S/c1-3-4-5-16-30-22-17-19(8-12-21(22)29-2)9-13-23(26)24-15-14-18-6-10-20(11-7-18)25(27)28/h6-13,17H,3-5,14-16H2,1-2H3,(H,24,26). The Bertz CT molecular complexity index is 866. The lowest BCUT2D eigenvalue weighted by atomic mass is 10.1. The Balaban J connectivity index is 1.85. The topological polar surface area (TPSA) is 81.5 Å². The van der Waals surface area contributed by atoms with Gasteiger partial charge in [0.1, 0.15) is 5.75 Å². The fourth-order valence-electron chi connectivity index (χ4n) is 2.79. The van der Waals surface area contributed by atoms with E-state index < -0.39 is 4.92 Å². The Morgan fingerprint density at radius 1 is 1.20 bits per heavy atom. The molecule has 2 aromatic carbocycles. The van der Waals surface area contributed by atoms with Gasteiger partial charge in [-0.25, -0.2) is 0 Å². The van der Waals surface area contributed by atoms with Crippen LogP contribution in [0, 0.1) is 10.1 Å². The van der Waals surface area contributed by atoms with E-state index in [-0.39, 0.29) is 11.6 Å². The second-order valence-corrected chi connectivity index (χ2v) is 7.90. The zero-order chi connectivity index (χ0) is 21.8. The number of hydrogen-bond acceptors (Lipinski definition) is 5. The van der Waals surface area contributed by atoms with Gasteiger partial charge < -0.3 is 10.1 Å². The molecule has 0 saturated heterocycles. The van der Waals surface area contributed by atoms with Crippen molar-refractivity contribution >= 4 is 29.4 Å². The number of nitro benzene ring substituents is 1. The van der Waals surface area contributed by atoms with E-state index in [0.717, 1.165) is 27.5 Å². The lowest BCUT2D eigenvalue weighted by molar-refractivity contribution is -0.384. The van der Waals surface area contributed by atoms with Gasteiger partial charge in [0.05, 0.1) is 12.0 Å². The fourth-order valence-corrected chi connectivity index (χ4v) is 3.87. The molecule has 7 heteroatoms. The molecule has 0 atom stereocenters. The summed E-state index contributed by atoms with van der Waals surface area (Å²) in [5, 5.41) is 13.5. The molecule has 160 valence electrons. The molecule has 0 radical (unpaired) electrons. The number of non-ortho nitro benzene ring substituents is 1. The molecule has 0 bridgehead atoms. The highest BCUT2D eigenvalue weighted by Gasteiger charge is 2.06. The summed E-state index contributed by atoms with van der Waals surface area (Å²) in [6.45, 7) is 2.65. The van der Waals surface area contributed by atoms with E-state index in [1.54, 1.807) is 37.1 Å². The Hall–Kier alpha value is -2.80. The van der Waals surface area contributed by atoms with Crippen molar-refractivity contribution in [2.45, 2.75) is 37.5 Å². The first-order chi connectivity index (χ1) is 14.5. The molecule has 0 aliphatic rings. The van der Waals surface area contributed by atoms with Gasteiger partial charge in [0.25, 0.3) is 5.69 Å². The number of rotatable bonds is 12. The number of ether oxygens (including phenoxy) is 1. The molecule has 2 rings (SSSR count). The van der Waals surface area contributed by atoms with Crippen LogP contribution in [0.5, 0.6) is 5.75 Å². The van der Waals surface area contributed by atoms with Crippen molar-refractivity contribution in [3.8, 4) is 5.75 Å². The molecule has 30 heavy (non-hydrogen) atoms. The van der Waals surface area contributed by atoms with Crippen LogP contribution in [-0.2, 0) is 11.2 Å². The average molecular weight is 429 g/mol. The summed E-state index contributed by atoms with van der Waals surface area (Å²) in [5.74, 6) is 1.71. The third kappa shape index (κ3) is 7.91. The summed E-state index contributed by atoms with van der Waals surface area (Å²) in [5.41, 5.74) is 1.94. The minimum absolute atomic E-state index is 0.0631. The number of carbonyl (C=O) groups excluding carboxylic acids is 1. The summed E-state index contributed by atoms with van der Waals surface area (Å²) < 4.78 is 5.44. The predicted octanol–water partition coefficient (Wildman–Crippen LogP) is 5.26. The van der Waals surface area contributed by atoms with Crippen molar-refractivity contribution in [1.29, 1.82) is 0 Å². The highest BCUT2D eigenvalue weighted by atomic mass is 32.2. The second-order valence-electron chi connectivity index (χ2n) is 6.76. The molecule has 2 aromatic rings. The van der Waals surface area contributed by atoms with E-state index in [0.29, 0.717) is 13.0 Å². The van der Waals surface area contributed by atoms with Crippen LogP contribution >= 0.6 is 11.8 Å². The molecule has 6 nitrogen and oxygen atoms in total. The van der Waals surface area contributed by atoms with E-state index >= 15 is 0 Å². The highest BCUT2D eigenvalue weighted by molar-refractivity contribution is 7.99. The van der Waals surface area contributed by atoms with Gasteiger partial charge in [0.2, 0.25) is 5.91 Å². The number of nitro groups is 1. The van der Waals surface area contributed by atoms with Crippen LogP contribution in [0.15, 0.2) is 53.4 Å². The van der Waals surface area contributed by atoms with Crippen molar-refractivity contribution in [2.75, 3.05) is 19.4 Å². The Labute approximate surface area is 181 Å². The summed E-state index contributed by atoms with van der Waals surface area (Å²) in [7, 11) is 1.67. The Morgan fingerprint density at radius 3 is 2.63 bits per heavy atom. The van der Waals surface area contributed by atoms with Gasteiger partial charge in [0, 0.05) is 29.6 Å². The SMILES string of the molecule is CCCCCSc1cc(C=CC(=O)NCCc2ccc([N+](=O)[O-])cc2)ccc1OC. The second kappa shape index (κ2) is 12.7. The average Bonchev–Trinajstić information content (AvgIpc) is 2.75. The smallest absolute Gasteiger partial charge is 0.269 e. The molecule has 0 fully saturated rings. The first-order valence-electron chi connectivity index (χ1n) is 10.0. The van der Waals surface area contributed by atoms with Gasteiger partial charge in [-0.15, -0.1) is 11.8 Å². The van der Waals surface area contributed by atoms with Crippen molar-refractivity contribution < 1.29 is 14.5 Å². The summed E-state index contributed by atoms with van der Waals surface area (Å²) in [6, 6.07) is 12.2. The normalized spacial score (nSPS) is 10.9. The first kappa shape index (κ1) is 23.5. The number of thioether (sulfide) groups is 1. The van der Waals surface area contributed by atoms with Crippen LogP contribution < -0.4 is 10.1 Å². The number of benzene rings is 2. The molecule has 0 aliphatic heterocycles. The number of carbonyl (C=O) groups is 1. The molecule has 0 spiro atoms. The van der Waals surface area contributed by atoms with Crippen molar-refractivity contribution in [2.24, 2.45) is 0 Å². The number of nitrogens with zero attached hydrogens (tertiary/aromatic N) is 1. The molecule has 1 N–H and O–H groups in total. The largest absolute Gasteiger partial charge is 0.496 e. The summed E-state index contributed by atoms with van der Waals surface area (Å²) in [4.78, 5) is 23.4. The minimum Gasteiger partial charge on any atom is -0.496 e. The number of unbranched alkanes of at least 4 members (excludes halogenated alkanes) is 2. The maximum atomic E-state index is 12.1. The Kier molecular flexibility index (Phi) is 9.94. The minimum atomic E-state index is -0.426. The van der Waals surface area contributed by atoms with Crippen molar-refractivity contribution in [3.63, 3.8) is 0 Å². The lowest BCUT2D eigenvalue weighted by Crippen LogP contribution is -2.23. The molecule has 0 saturated carbocycles. The summed E-state index contributed by atoms with van der Waals surface area (Å²) in [6.07, 6.45) is 7.49. The van der Waals surface area contributed by atoms with E-state index in [9.17, 15) is 14.9 Å². The van der Waals surface area contributed by atoms with Gasteiger partial charge in [-0.05, 0) is 47.9 Å². The number of hydrogen-bond donors (Lipinski definition) is 1. The highest BCUT2D eigenvalue weighted by Crippen LogP contribution is 2.31. The molecular formula is C23H28N2O4S. The van der Waals surface area contributed by atoms with Gasteiger partial charge in [-0.3, -0.25) is 14.9 Å². The fraction of sp³-hybridized carbons (Fsp3) is 0.348. The van der Waals surface area contributed by atoms with E-state index in [4.69, 9.17) is 4.74 Å². The van der Waals surface area contributed by atoms with Gasteiger partial charge in [-0.2, -0.15) is 0 Å². The maximum Gasteiger partial charge on any atom is 0.269 e. The van der Waals surface area contributed by atoms with E-state index in [1.165, 1.54) is 37.5 Å². The molecule has 0 heterocycles. The van der Waals surface area contributed by atoms with Crippen LogP contribution in [0.3, 0.4) is 0 Å². The molecular weight excluding hydrogens is 400 g/mol.